The fraction of sp³-hybridized carbons (Fsp3) is 0.750. The van der Waals surface area contributed by atoms with E-state index in [1.165, 1.54) is 0 Å². The molecule has 0 aliphatic carbocycles. The van der Waals surface area contributed by atoms with Gasteiger partial charge in [-0.3, -0.25) is 5.32 Å². The number of rotatable bonds is 1. The molecule has 2 atom stereocenters. The number of hydrogen-bond donors (Lipinski definition) is 1. The predicted molar refractivity (Wildman–Crippen MR) is 40.7 cm³/mol. The summed E-state index contributed by atoms with van der Waals surface area (Å²) in [5.74, 6) is 2.61. The summed E-state index contributed by atoms with van der Waals surface area (Å²) in [4.78, 5) is 0. The predicted octanol–water partition coefficient (Wildman–Crippen LogP) is 0.387. The number of ether oxygens (including phenoxy) is 1. The molecule has 0 spiro atoms. The first-order valence-corrected chi connectivity index (χ1v) is 3.68. The molecule has 1 rings (SSSR count). The lowest BCUT2D eigenvalue weighted by molar-refractivity contribution is 0.0140. The second-order valence-corrected chi connectivity index (χ2v) is 2.49. The average Bonchev–Trinajstić information content (AvgIpc) is 2.05. The Morgan fingerprint density at radius 1 is 1.80 bits per heavy atom. The summed E-state index contributed by atoms with van der Waals surface area (Å²) in [5, 5.41) is 3.21. The van der Waals surface area contributed by atoms with E-state index in [9.17, 15) is 0 Å². The van der Waals surface area contributed by atoms with Crippen molar-refractivity contribution in [3.63, 3.8) is 0 Å². The quantitative estimate of drug-likeness (QED) is 0.530. The Balaban J connectivity index is 2.25. The van der Waals surface area contributed by atoms with Crippen LogP contribution in [0.5, 0.6) is 0 Å². The van der Waals surface area contributed by atoms with E-state index >= 15 is 0 Å². The Morgan fingerprint density at radius 2 is 2.60 bits per heavy atom. The van der Waals surface area contributed by atoms with Crippen LogP contribution in [0, 0.1) is 12.3 Å². The van der Waals surface area contributed by atoms with E-state index < -0.39 is 0 Å². The summed E-state index contributed by atoms with van der Waals surface area (Å²) in [7, 11) is 0. The van der Waals surface area contributed by atoms with Gasteiger partial charge in [-0.05, 0) is 6.42 Å². The van der Waals surface area contributed by atoms with E-state index in [0.717, 1.165) is 13.0 Å². The Labute approximate surface area is 62.0 Å². The molecule has 0 aromatic carbocycles. The SMILES string of the molecule is C#C[C@@H]1CO[C@H](CC)CN1. The first kappa shape index (κ1) is 7.59. The molecule has 1 N–H and O–H groups in total. The van der Waals surface area contributed by atoms with Crippen LogP contribution < -0.4 is 5.32 Å². The molecule has 2 heteroatoms. The fourth-order valence-electron chi connectivity index (χ4n) is 0.993. The molecule has 1 aliphatic heterocycles. The van der Waals surface area contributed by atoms with Crippen LogP contribution in [0.2, 0.25) is 0 Å². The fourth-order valence-corrected chi connectivity index (χ4v) is 0.993. The Kier molecular flexibility index (Phi) is 2.73. The van der Waals surface area contributed by atoms with Crippen LogP contribution in [0.25, 0.3) is 0 Å². The van der Waals surface area contributed by atoms with Gasteiger partial charge in [-0.25, -0.2) is 0 Å². The number of morpholine rings is 1. The van der Waals surface area contributed by atoms with Crippen molar-refractivity contribution >= 4 is 0 Å². The topological polar surface area (TPSA) is 21.3 Å². The van der Waals surface area contributed by atoms with Crippen molar-refractivity contribution in [3.05, 3.63) is 0 Å². The van der Waals surface area contributed by atoms with Crippen LogP contribution in [0.15, 0.2) is 0 Å². The Hall–Kier alpha value is -0.520. The Morgan fingerprint density at radius 3 is 3.00 bits per heavy atom. The zero-order valence-electron chi connectivity index (χ0n) is 6.26. The van der Waals surface area contributed by atoms with Crippen LogP contribution in [0.3, 0.4) is 0 Å². The van der Waals surface area contributed by atoms with Gasteiger partial charge in [-0.2, -0.15) is 0 Å². The zero-order chi connectivity index (χ0) is 7.40. The standard InChI is InChI=1S/C8H13NO/c1-3-7-6-10-8(4-2)5-9-7/h1,7-9H,4-6H2,2H3/t7-,8-/m1/s1. The summed E-state index contributed by atoms with van der Waals surface area (Å²) in [6, 6.07) is 0.128. The van der Waals surface area contributed by atoms with E-state index in [-0.39, 0.29) is 6.04 Å². The summed E-state index contributed by atoms with van der Waals surface area (Å²) in [5.41, 5.74) is 0. The lowest BCUT2D eigenvalue weighted by atomic mass is 10.2. The molecular formula is C8H13NO. The normalized spacial score (nSPS) is 33.2. The molecule has 0 amide bonds. The number of hydrogen-bond acceptors (Lipinski definition) is 2. The zero-order valence-corrected chi connectivity index (χ0v) is 6.26. The average molecular weight is 139 g/mol. The van der Waals surface area contributed by atoms with Crippen molar-refractivity contribution in [2.75, 3.05) is 13.2 Å². The van der Waals surface area contributed by atoms with E-state index in [1.54, 1.807) is 0 Å². The van der Waals surface area contributed by atoms with Crippen molar-refractivity contribution < 1.29 is 4.74 Å². The molecular weight excluding hydrogens is 126 g/mol. The molecule has 0 aromatic heterocycles. The molecule has 0 unspecified atom stereocenters. The van der Waals surface area contributed by atoms with Crippen molar-refractivity contribution in [2.24, 2.45) is 0 Å². The smallest absolute Gasteiger partial charge is 0.0925 e. The van der Waals surface area contributed by atoms with Gasteiger partial charge in [0.1, 0.15) is 0 Å². The molecule has 10 heavy (non-hydrogen) atoms. The van der Waals surface area contributed by atoms with Crippen molar-refractivity contribution in [3.8, 4) is 12.3 Å². The highest BCUT2D eigenvalue weighted by Crippen LogP contribution is 2.03. The molecule has 1 saturated heterocycles. The van der Waals surface area contributed by atoms with Gasteiger partial charge in [0.2, 0.25) is 0 Å². The highest BCUT2D eigenvalue weighted by Gasteiger charge is 2.16. The lowest BCUT2D eigenvalue weighted by Crippen LogP contribution is -2.45. The molecule has 0 saturated carbocycles. The third-order valence-electron chi connectivity index (χ3n) is 1.75. The maximum absolute atomic E-state index is 5.43. The number of terminal acetylenes is 1. The van der Waals surface area contributed by atoms with Crippen LogP contribution in [0.4, 0.5) is 0 Å². The van der Waals surface area contributed by atoms with Crippen LogP contribution >= 0.6 is 0 Å². The van der Waals surface area contributed by atoms with Crippen LogP contribution in [0.1, 0.15) is 13.3 Å². The molecule has 56 valence electrons. The highest BCUT2D eigenvalue weighted by molar-refractivity contribution is 5.00. The molecule has 0 aromatic rings. The summed E-state index contributed by atoms with van der Waals surface area (Å²) in [6.45, 7) is 3.67. The van der Waals surface area contributed by atoms with E-state index in [4.69, 9.17) is 11.2 Å². The lowest BCUT2D eigenvalue weighted by Gasteiger charge is -2.26. The minimum Gasteiger partial charge on any atom is -0.374 e. The Bertz CT molecular complexity index is 131. The van der Waals surface area contributed by atoms with Gasteiger partial charge in [0, 0.05) is 6.54 Å². The maximum Gasteiger partial charge on any atom is 0.0925 e. The van der Waals surface area contributed by atoms with Gasteiger partial charge in [-0.15, -0.1) is 6.42 Å². The van der Waals surface area contributed by atoms with Crippen molar-refractivity contribution in [2.45, 2.75) is 25.5 Å². The molecule has 1 fully saturated rings. The summed E-state index contributed by atoms with van der Waals surface area (Å²) >= 11 is 0. The van der Waals surface area contributed by atoms with Gasteiger partial charge in [-0.1, -0.05) is 12.8 Å². The van der Waals surface area contributed by atoms with Gasteiger partial charge < -0.3 is 4.74 Å². The molecule has 2 nitrogen and oxygen atoms in total. The maximum atomic E-state index is 5.43. The van der Waals surface area contributed by atoms with Gasteiger partial charge in [0.05, 0.1) is 18.8 Å². The first-order chi connectivity index (χ1) is 4.86. The van der Waals surface area contributed by atoms with Gasteiger partial charge in [0.15, 0.2) is 0 Å². The molecule has 1 heterocycles. The van der Waals surface area contributed by atoms with Gasteiger partial charge >= 0.3 is 0 Å². The monoisotopic (exact) mass is 139 g/mol. The third-order valence-corrected chi connectivity index (χ3v) is 1.75. The largest absolute Gasteiger partial charge is 0.374 e. The minimum atomic E-state index is 0.128. The van der Waals surface area contributed by atoms with E-state index in [1.807, 2.05) is 0 Å². The van der Waals surface area contributed by atoms with E-state index in [2.05, 4.69) is 18.2 Å². The molecule has 0 bridgehead atoms. The third kappa shape index (κ3) is 1.73. The van der Waals surface area contributed by atoms with Crippen molar-refractivity contribution in [1.82, 2.24) is 5.32 Å². The second-order valence-electron chi connectivity index (χ2n) is 2.49. The second kappa shape index (κ2) is 3.60. The minimum absolute atomic E-state index is 0.128. The molecule has 0 radical (unpaired) electrons. The van der Waals surface area contributed by atoms with Crippen LogP contribution in [-0.2, 0) is 4.74 Å². The van der Waals surface area contributed by atoms with Crippen LogP contribution in [-0.4, -0.2) is 25.3 Å². The van der Waals surface area contributed by atoms with Crippen molar-refractivity contribution in [1.29, 1.82) is 0 Å². The number of nitrogens with one attached hydrogen (secondary N) is 1. The molecule has 1 aliphatic rings. The summed E-state index contributed by atoms with van der Waals surface area (Å²) < 4.78 is 5.43. The van der Waals surface area contributed by atoms with Gasteiger partial charge in [0.25, 0.3) is 0 Å². The van der Waals surface area contributed by atoms with E-state index in [0.29, 0.717) is 12.7 Å². The summed E-state index contributed by atoms with van der Waals surface area (Å²) in [6.07, 6.45) is 6.62. The highest BCUT2D eigenvalue weighted by atomic mass is 16.5. The first-order valence-electron chi connectivity index (χ1n) is 3.68.